The number of guanidine groups is 1. The van der Waals surface area contributed by atoms with Gasteiger partial charge in [-0.25, -0.2) is 9.79 Å². The highest BCUT2D eigenvalue weighted by Gasteiger charge is 2.44. The number of nitrogens with zero attached hydrogens (tertiary/aromatic N) is 4. The minimum Gasteiger partial charge on any atom is -0.463 e. The number of aliphatic hydroxyl groups is 1. The Morgan fingerprint density at radius 2 is 1.80 bits per heavy atom. The van der Waals surface area contributed by atoms with E-state index in [0.717, 1.165) is 16.8 Å². The molecule has 7 nitrogen and oxygen atoms in total. The highest BCUT2D eigenvalue weighted by Crippen LogP contribution is 2.39. The fourth-order valence-corrected chi connectivity index (χ4v) is 3.71. The number of fused-ring (bicyclic) bond motifs is 1. The van der Waals surface area contributed by atoms with E-state index in [1.165, 1.54) is 0 Å². The summed E-state index contributed by atoms with van der Waals surface area (Å²) >= 11 is 0. The number of ether oxygens (including phenoxy) is 1. The summed E-state index contributed by atoms with van der Waals surface area (Å²) in [5.41, 5.74) is 3.84. The van der Waals surface area contributed by atoms with E-state index in [9.17, 15) is 9.90 Å². The van der Waals surface area contributed by atoms with Gasteiger partial charge in [0.1, 0.15) is 6.61 Å². The van der Waals surface area contributed by atoms with Gasteiger partial charge in [-0.3, -0.25) is 4.90 Å². The van der Waals surface area contributed by atoms with Crippen LogP contribution in [0.4, 0.5) is 5.69 Å². The van der Waals surface area contributed by atoms with E-state index in [1.54, 1.807) is 18.9 Å². The number of aliphatic hydroxyl groups excluding tert-OH is 1. The van der Waals surface area contributed by atoms with Crippen molar-refractivity contribution in [3.05, 3.63) is 77.0 Å². The van der Waals surface area contributed by atoms with Crippen molar-refractivity contribution in [3.63, 3.8) is 0 Å². The van der Waals surface area contributed by atoms with Gasteiger partial charge in [-0.05, 0) is 38.5 Å². The topological polar surface area (TPSA) is 77.7 Å². The number of hydrazone groups is 1. The maximum Gasteiger partial charge on any atom is 0.338 e. The Hall–Kier alpha value is -3.45. The highest BCUT2D eigenvalue weighted by atomic mass is 16.5. The minimum absolute atomic E-state index is 0.268. The number of carbonyl (C=O) groups excluding carboxylic acids is 1. The molecule has 2 heterocycles. The molecule has 2 aromatic rings. The Kier molecular flexibility index (Phi) is 5.37. The first-order valence-corrected chi connectivity index (χ1v) is 9.91. The Morgan fingerprint density at radius 3 is 2.43 bits per heavy atom. The third-order valence-corrected chi connectivity index (χ3v) is 5.12. The number of para-hydroxylation sites is 1. The van der Waals surface area contributed by atoms with Crippen LogP contribution in [0.5, 0.6) is 0 Å². The standard InChI is InChI=1S/C23H24N4O3/c1-4-30-22(29)20-16(3)24-23-26(21(20)17-12-10-15(2)11-13-17)19(14-28)25-27(23)18-8-6-5-7-9-18/h5-13,21,28H,4,14H2,1-3H3. The van der Waals surface area contributed by atoms with Crippen LogP contribution in [0.15, 0.2) is 76.0 Å². The molecule has 0 spiro atoms. The Morgan fingerprint density at radius 1 is 1.10 bits per heavy atom. The maximum atomic E-state index is 12.9. The van der Waals surface area contributed by atoms with Crippen LogP contribution < -0.4 is 5.01 Å². The number of hydrogen-bond acceptors (Lipinski definition) is 7. The minimum atomic E-state index is -0.503. The molecule has 7 heteroatoms. The number of aliphatic imine (C=N–C) groups is 1. The van der Waals surface area contributed by atoms with Crippen LogP contribution in [0, 0.1) is 6.92 Å². The summed E-state index contributed by atoms with van der Waals surface area (Å²) < 4.78 is 5.35. The second-order valence-electron chi connectivity index (χ2n) is 7.14. The van der Waals surface area contributed by atoms with Gasteiger partial charge in [0.05, 0.1) is 29.6 Å². The lowest BCUT2D eigenvalue weighted by atomic mass is 9.93. The predicted molar refractivity (Wildman–Crippen MR) is 116 cm³/mol. The molecule has 0 bridgehead atoms. The van der Waals surface area contributed by atoms with Crippen LogP contribution in [-0.4, -0.2) is 41.0 Å². The zero-order valence-electron chi connectivity index (χ0n) is 17.2. The van der Waals surface area contributed by atoms with Gasteiger partial charge < -0.3 is 9.84 Å². The molecule has 2 aliphatic rings. The number of rotatable bonds is 5. The molecule has 1 N–H and O–H groups in total. The van der Waals surface area contributed by atoms with Gasteiger partial charge in [-0.2, -0.15) is 5.01 Å². The summed E-state index contributed by atoms with van der Waals surface area (Å²) in [6.07, 6.45) is 0. The van der Waals surface area contributed by atoms with Gasteiger partial charge >= 0.3 is 5.97 Å². The molecule has 154 valence electrons. The van der Waals surface area contributed by atoms with Gasteiger partial charge in [0.15, 0.2) is 5.84 Å². The molecule has 4 rings (SSSR count). The maximum absolute atomic E-state index is 12.9. The lowest BCUT2D eigenvalue weighted by Crippen LogP contribution is -2.45. The van der Waals surface area contributed by atoms with Gasteiger partial charge in [0.25, 0.3) is 0 Å². The molecule has 0 radical (unpaired) electrons. The van der Waals surface area contributed by atoms with Crippen molar-refractivity contribution >= 4 is 23.5 Å². The van der Waals surface area contributed by atoms with Crippen LogP contribution in [0.25, 0.3) is 0 Å². The fraction of sp³-hybridized carbons (Fsp3) is 0.261. The third kappa shape index (κ3) is 3.37. The Balaban J connectivity index is 1.89. The van der Waals surface area contributed by atoms with Crippen LogP contribution in [0.2, 0.25) is 0 Å². The number of anilines is 1. The van der Waals surface area contributed by atoms with E-state index < -0.39 is 12.0 Å². The number of allylic oxidation sites excluding steroid dienone is 1. The van der Waals surface area contributed by atoms with Crippen molar-refractivity contribution in [2.75, 3.05) is 18.2 Å². The smallest absolute Gasteiger partial charge is 0.338 e. The molecule has 1 unspecified atom stereocenters. The predicted octanol–water partition coefficient (Wildman–Crippen LogP) is 3.37. The average molecular weight is 404 g/mol. The molecule has 30 heavy (non-hydrogen) atoms. The van der Waals surface area contributed by atoms with E-state index in [2.05, 4.69) is 5.10 Å². The first-order valence-electron chi connectivity index (χ1n) is 9.91. The molecule has 1 atom stereocenters. The Bertz CT molecular complexity index is 1040. The second-order valence-corrected chi connectivity index (χ2v) is 7.14. The van der Waals surface area contributed by atoms with Crippen molar-refractivity contribution in [1.82, 2.24) is 4.90 Å². The molecule has 0 saturated heterocycles. The summed E-state index contributed by atoms with van der Waals surface area (Å²) in [6, 6.07) is 17.1. The molecule has 2 aliphatic heterocycles. The molecule has 0 aliphatic carbocycles. The number of amidine groups is 1. The summed E-state index contributed by atoms with van der Waals surface area (Å²) in [5.74, 6) is 0.540. The van der Waals surface area contributed by atoms with Gasteiger partial charge in [0, 0.05) is 0 Å². The zero-order chi connectivity index (χ0) is 21.3. The monoisotopic (exact) mass is 404 g/mol. The second kappa shape index (κ2) is 8.12. The van der Waals surface area contributed by atoms with Crippen molar-refractivity contribution in [2.45, 2.75) is 26.8 Å². The van der Waals surface area contributed by atoms with Crippen molar-refractivity contribution in [1.29, 1.82) is 0 Å². The quantitative estimate of drug-likeness (QED) is 0.773. The highest BCUT2D eigenvalue weighted by molar-refractivity contribution is 6.15. The van der Waals surface area contributed by atoms with Gasteiger partial charge in [-0.1, -0.05) is 48.0 Å². The lowest BCUT2D eigenvalue weighted by molar-refractivity contribution is -0.139. The average Bonchev–Trinajstić information content (AvgIpc) is 3.12. The molecule has 0 amide bonds. The van der Waals surface area contributed by atoms with Crippen molar-refractivity contribution in [2.24, 2.45) is 10.1 Å². The number of aryl methyl sites for hydroxylation is 1. The molecular formula is C23H24N4O3. The fourth-order valence-electron chi connectivity index (χ4n) is 3.71. The van der Waals surface area contributed by atoms with E-state index in [0.29, 0.717) is 23.1 Å². The summed E-state index contributed by atoms with van der Waals surface area (Å²) in [6.45, 7) is 5.57. The molecule has 2 aromatic carbocycles. The summed E-state index contributed by atoms with van der Waals surface area (Å²) in [5, 5.41) is 16.4. The van der Waals surface area contributed by atoms with Gasteiger partial charge in [-0.15, -0.1) is 5.10 Å². The number of benzene rings is 2. The lowest BCUT2D eigenvalue weighted by Gasteiger charge is -2.35. The zero-order valence-corrected chi connectivity index (χ0v) is 17.2. The van der Waals surface area contributed by atoms with Crippen LogP contribution in [0.1, 0.15) is 31.0 Å². The van der Waals surface area contributed by atoms with E-state index in [4.69, 9.17) is 9.73 Å². The molecule has 0 aromatic heterocycles. The van der Waals surface area contributed by atoms with Gasteiger partial charge in [0.2, 0.25) is 5.96 Å². The largest absolute Gasteiger partial charge is 0.463 e. The van der Waals surface area contributed by atoms with Crippen molar-refractivity contribution in [3.8, 4) is 0 Å². The number of carbonyl (C=O) groups is 1. The van der Waals surface area contributed by atoms with Crippen LogP contribution in [0.3, 0.4) is 0 Å². The van der Waals surface area contributed by atoms with E-state index in [1.807, 2.05) is 66.4 Å². The number of hydrogen-bond donors (Lipinski definition) is 1. The van der Waals surface area contributed by atoms with E-state index in [-0.39, 0.29) is 13.2 Å². The summed E-state index contributed by atoms with van der Waals surface area (Å²) in [4.78, 5) is 19.4. The molecular weight excluding hydrogens is 380 g/mol. The first-order chi connectivity index (χ1) is 14.5. The van der Waals surface area contributed by atoms with Crippen LogP contribution >= 0.6 is 0 Å². The summed E-state index contributed by atoms with van der Waals surface area (Å²) in [7, 11) is 0. The van der Waals surface area contributed by atoms with E-state index >= 15 is 0 Å². The normalized spacial score (nSPS) is 18.2. The van der Waals surface area contributed by atoms with Crippen LogP contribution in [-0.2, 0) is 9.53 Å². The Labute approximate surface area is 175 Å². The SMILES string of the molecule is CCOC(=O)C1=C(C)N=C2N(c3ccccc3)N=C(CO)N2C1c1ccc(C)cc1. The van der Waals surface area contributed by atoms with Crippen molar-refractivity contribution < 1.29 is 14.6 Å². The molecule has 0 fully saturated rings. The number of esters is 1. The third-order valence-electron chi connectivity index (χ3n) is 5.12. The first kappa shape index (κ1) is 19.8. The molecule has 0 saturated carbocycles.